The quantitative estimate of drug-likeness (QED) is 0.873. The van der Waals surface area contributed by atoms with Crippen molar-refractivity contribution in [3.8, 4) is 0 Å². The summed E-state index contributed by atoms with van der Waals surface area (Å²) in [6.45, 7) is 0.816. The Morgan fingerprint density at radius 1 is 1.40 bits per heavy atom. The number of hydrogen-bond donors (Lipinski definition) is 1. The number of benzene rings is 1. The summed E-state index contributed by atoms with van der Waals surface area (Å²) < 4.78 is 1.22. The normalized spacial score (nSPS) is 25.6. The van der Waals surface area contributed by atoms with E-state index in [0.29, 0.717) is 5.41 Å². The van der Waals surface area contributed by atoms with Gasteiger partial charge in [0.05, 0.1) is 0 Å². The standard InChI is InChI=1S/C13H16BrN/c14-10-1-2-11-9(3-6-15)8-13(4-5-13)12(11)7-10/h1-2,7,9H,3-6,8,15H2. The Bertz CT molecular complexity index is 396. The second-order valence-electron chi connectivity index (χ2n) is 4.99. The molecule has 80 valence electrons. The number of halogens is 1. The summed E-state index contributed by atoms with van der Waals surface area (Å²) in [7, 11) is 0. The zero-order valence-corrected chi connectivity index (χ0v) is 10.4. The van der Waals surface area contributed by atoms with E-state index in [1.807, 2.05) is 0 Å². The lowest BCUT2D eigenvalue weighted by Crippen LogP contribution is -2.06. The molecule has 2 N–H and O–H groups in total. The summed E-state index contributed by atoms with van der Waals surface area (Å²) in [5, 5.41) is 0. The minimum absolute atomic E-state index is 0.555. The summed E-state index contributed by atoms with van der Waals surface area (Å²) in [6, 6.07) is 6.80. The molecular formula is C13H16BrN. The first kappa shape index (κ1) is 9.86. The zero-order chi connectivity index (χ0) is 10.5. The van der Waals surface area contributed by atoms with E-state index in [0.717, 1.165) is 18.9 Å². The smallest absolute Gasteiger partial charge is 0.0178 e. The maximum Gasteiger partial charge on any atom is 0.0178 e. The van der Waals surface area contributed by atoms with Gasteiger partial charge in [0, 0.05) is 4.47 Å². The van der Waals surface area contributed by atoms with Gasteiger partial charge in [-0.2, -0.15) is 0 Å². The molecule has 0 heterocycles. The summed E-state index contributed by atoms with van der Waals surface area (Å²) in [4.78, 5) is 0. The zero-order valence-electron chi connectivity index (χ0n) is 8.80. The van der Waals surface area contributed by atoms with Gasteiger partial charge in [0.1, 0.15) is 0 Å². The molecule has 1 unspecified atom stereocenters. The van der Waals surface area contributed by atoms with Crippen molar-refractivity contribution in [2.24, 2.45) is 5.73 Å². The van der Waals surface area contributed by atoms with Crippen LogP contribution in [0, 0.1) is 0 Å². The lowest BCUT2D eigenvalue weighted by atomic mass is 9.97. The molecule has 3 rings (SSSR count). The molecule has 2 aliphatic rings. The van der Waals surface area contributed by atoms with Crippen LogP contribution in [0.15, 0.2) is 22.7 Å². The molecule has 2 aliphatic carbocycles. The van der Waals surface area contributed by atoms with Gasteiger partial charge in [-0.1, -0.05) is 22.0 Å². The predicted octanol–water partition coefficient (Wildman–Crippen LogP) is 3.32. The van der Waals surface area contributed by atoms with Crippen LogP contribution < -0.4 is 5.73 Å². The van der Waals surface area contributed by atoms with Gasteiger partial charge in [-0.25, -0.2) is 0 Å². The maximum absolute atomic E-state index is 5.70. The first-order valence-electron chi connectivity index (χ1n) is 5.75. The highest BCUT2D eigenvalue weighted by Gasteiger charge is 2.51. The van der Waals surface area contributed by atoms with Gasteiger partial charge in [-0.05, 0) is 66.8 Å². The van der Waals surface area contributed by atoms with Crippen LogP contribution >= 0.6 is 15.9 Å². The van der Waals surface area contributed by atoms with Crippen LogP contribution in [-0.2, 0) is 5.41 Å². The number of hydrogen-bond acceptors (Lipinski definition) is 1. The molecule has 0 aliphatic heterocycles. The lowest BCUT2D eigenvalue weighted by molar-refractivity contribution is 0.554. The van der Waals surface area contributed by atoms with Crippen LogP contribution in [0.25, 0.3) is 0 Å². The molecular weight excluding hydrogens is 250 g/mol. The van der Waals surface area contributed by atoms with E-state index in [9.17, 15) is 0 Å². The van der Waals surface area contributed by atoms with Gasteiger partial charge in [-0.15, -0.1) is 0 Å². The van der Waals surface area contributed by atoms with Crippen molar-refractivity contribution in [3.05, 3.63) is 33.8 Å². The van der Waals surface area contributed by atoms with Crippen LogP contribution in [0.3, 0.4) is 0 Å². The first-order valence-corrected chi connectivity index (χ1v) is 6.54. The third-order valence-electron chi connectivity index (χ3n) is 4.03. The van der Waals surface area contributed by atoms with Crippen LogP contribution in [0.5, 0.6) is 0 Å². The highest BCUT2D eigenvalue weighted by Crippen LogP contribution is 2.61. The minimum atomic E-state index is 0.555. The third-order valence-corrected chi connectivity index (χ3v) is 4.53. The Balaban J connectivity index is 2.04. The summed E-state index contributed by atoms with van der Waals surface area (Å²) in [5.41, 5.74) is 9.43. The van der Waals surface area contributed by atoms with Gasteiger partial charge in [0.15, 0.2) is 0 Å². The van der Waals surface area contributed by atoms with Gasteiger partial charge in [0.25, 0.3) is 0 Å². The van der Waals surface area contributed by atoms with Crippen molar-refractivity contribution >= 4 is 15.9 Å². The van der Waals surface area contributed by atoms with E-state index in [1.165, 1.54) is 23.7 Å². The van der Waals surface area contributed by atoms with E-state index in [1.54, 1.807) is 11.1 Å². The van der Waals surface area contributed by atoms with Crippen LogP contribution in [0.4, 0.5) is 0 Å². The molecule has 1 fully saturated rings. The van der Waals surface area contributed by atoms with Crippen molar-refractivity contribution < 1.29 is 0 Å². The highest BCUT2D eigenvalue weighted by molar-refractivity contribution is 9.10. The number of fused-ring (bicyclic) bond motifs is 2. The van der Waals surface area contributed by atoms with E-state index < -0.39 is 0 Å². The fraction of sp³-hybridized carbons (Fsp3) is 0.538. The minimum Gasteiger partial charge on any atom is -0.330 e. The Hall–Kier alpha value is -0.340. The lowest BCUT2D eigenvalue weighted by Gasteiger charge is -2.09. The van der Waals surface area contributed by atoms with Crippen LogP contribution in [0.1, 0.15) is 42.7 Å². The SMILES string of the molecule is NCCC1CC2(CC2)c2cc(Br)ccc21. The van der Waals surface area contributed by atoms with Crippen molar-refractivity contribution in [2.45, 2.75) is 37.0 Å². The summed E-state index contributed by atoms with van der Waals surface area (Å²) in [6.07, 6.45) is 5.27. The Labute approximate surface area is 99.2 Å². The largest absolute Gasteiger partial charge is 0.330 e. The van der Waals surface area contributed by atoms with Crippen LogP contribution in [-0.4, -0.2) is 6.54 Å². The highest BCUT2D eigenvalue weighted by atomic mass is 79.9. The van der Waals surface area contributed by atoms with E-state index >= 15 is 0 Å². The molecule has 0 aromatic heterocycles. The molecule has 0 amide bonds. The second-order valence-corrected chi connectivity index (χ2v) is 5.91. The fourth-order valence-corrected chi connectivity index (χ4v) is 3.48. The Morgan fingerprint density at radius 2 is 2.20 bits per heavy atom. The molecule has 0 bridgehead atoms. The molecule has 1 saturated carbocycles. The van der Waals surface area contributed by atoms with E-state index in [4.69, 9.17) is 5.73 Å². The number of nitrogens with two attached hydrogens (primary N) is 1. The van der Waals surface area contributed by atoms with E-state index in [-0.39, 0.29) is 0 Å². The molecule has 2 heteroatoms. The van der Waals surface area contributed by atoms with Crippen molar-refractivity contribution in [1.29, 1.82) is 0 Å². The van der Waals surface area contributed by atoms with E-state index in [2.05, 4.69) is 34.1 Å². The first-order chi connectivity index (χ1) is 7.25. The fourth-order valence-electron chi connectivity index (χ4n) is 3.12. The monoisotopic (exact) mass is 265 g/mol. The predicted molar refractivity (Wildman–Crippen MR) is 66.1 cm³/mol. The average molecular weight is 266 g/mol. The Morgan fingerprint density at radius 3 is 2.87 bits per heavy atom. The molecule has 0 saturated heterocycles. The van der Waals surface area contributed by atoms with Gasteiger partial charge in [0.2, 0.25) is 0 Å². The molecule has 1 aromatic carbocycles. The molecule has 1 atom stereocenters. The van der Waals surface area contributed by atoms with Gasteiger partial charge >= 0.3 is 0 Å². The summed E-state index contributed by atoms with van der Waals surface area (Å²) in [5.74, 6) is 0.723. The molecule has 1 spiro atoms. The topological polar surface area (TPSA) is 26.0 Å². The second kappa shape index (κ2) is 3.33. The molecule has 0 radical (unpaired) electrons. The van der Waals surface area contributed by atoms with Gasteiger partial charge < -0.3 is 5.73 Å². The van der Waals surface area contributed by atoms with Crippen molar-refractivity contribution in [3.63, 3.8) is 0 Å². The molecule has 15 heavy (non-hydrogen) atoms. The summed E-state index contributed by atoms with van der Waals surface area (Å²) >= 11 is 3.58. The van der Waals surface area contributed by atoms with Crippen molar-refractivity contribution in [1.82, 2.24) is 0 Å². The molecule has 1 aromatic rings. The maximum atomic E-state index is 5.70. The average Bonchev–Trinajstić information content (AvgIpc) is 2.92. The van der Waals surface area contributed by atoms with Crippen molar-refractivity contribution in [2.75, 3.05) is 6.54 Å². The third kappa shape index (κ3) is 1.46. The Kier molecular flexibility index (Phi) is 2.18. The molecule has 1 nitrogen and oxygen atoms in total. The van der Waals surface area contributed by atoms with Gasteiger partial charge in [-0.3, -0.25) is 0 Å². The van der Waals surface area contributed by atoms with Crippen LogP contribution in [0.2, 0.25) is 0 Å². The number of rotatable bonds is 2.